The summed E-state index contributed by atoms with van der Waals surface area (Å²) in [5.41, 5.74) is 18.2. The molecule has 3 atom stereocenters. The monoisotopic (exact) mass is 1370 g/mol. The normalized spacial score (nSPS) is 15.8. The summed E-state index contributed by atoms with van der Waals surface area (Å²) in [6.45, 7) is 24.8. The topological polar surface area (TPSA) is 60.7 Å². The zero-order valence-electron chi connectivity index (χ0n) is 62.9. The Morgan fingerprint density at radius 1 is 0.200 bits per heavy atom. The molecular formula is C102H96O3. The standard InChI is InChI=1S/C87H54O3.3C3H8.3C2H6/c88-70-40-31-58-46-67(37-28-61(58)49-70)85(64-34-25-52-13-1-4-16-55(52)43-64)76-22-10-7-19-73(76)79-82(85)80-74-20-8-11-23-77(74)86(65-35-26-53-14-2-5-17-56(53)44-65,68-38-29-62-50-71(89)41-32-59(62)47-68)84(80)81-75-21-9-12-24-78(75)87(83(79)81,66-36-27-54-15-3-6-18-57(54)45-66)69-39-30-63-51-72(90)42-33-60(63)48-69;3*1-3-2;3*1-2/h1-51,88-90H;3*3H2,1-2H3;3*1-2H3. The summed E-state index contributed by atoms with van der Waals surface area (Å²) in [4.78, 5) is 0. The van der Waals surface area contributed by atoms with Crippen molar-refractivity contribution < 1.29 is 15.3 Å². The number of aromatic hydroxyl groups is 3. The maximum Gasteiger partial charge on any atom is 0.116 e. The van der Waals surface area contributed by atoms with E-state index in [9.17, 15) is 15.3 Å². The first kappa shape index (κ1) is 71.9. The molecule has 0 saturated heterocycles. The van der Waals surface area contributed by atoms with Gasteiger partial charge in [-0.2, -0.15) is 0 Å². The summed E-state index contributed by atoms with van der Waals surface area (Å²) in [6, 6.07) is 114. The summed E-state index contributed by atoms with van der Waals surface area (Å²) in [6.07, 6.45) is 3.75. The van der Waals surface area contributed by atoms with Crippen LogP contribution in [-0.4, -0.2) is 15.3 Å². The van der Waals surface area contributed by atoms with Gasteiger partial charge in [0.1, 0.15) is 17.2 Å². The van der Waals surface area contributed by atoms with Gasteiger partial charge in [-0.25, -0.2) is 0 Å². The van der Waals surface area contributed by atoms with Crippen LogP contribution in [0.5, 0.6) is 17.2 Å². The van der Waals surface area contributed by atoms with Crippen LogP contribution < -0.4 is 0 Å². The Labute approximate surface area is 621 Å². The molecule has 0 fully saturated rings. The van der Waals surface area contributed by atoms with Crippen LogP contribution in [0.4, 0.5) is 0 Å². The summed E-state index contributed by atoms with van der Waals surface area (Å²) < 4.78 is 0. The molecule has 16 aromatic carbocycles. The van der Waals surface area contributed by atoms with Gasteiger partial charge in [0.2, 0.25) is 0 Å². The van der Waals surface area contributed by atoms with Gasteiger partial charge in [-0.1, -0.05) is 339 Å². The predicted octanol–water partition coefficient (Wildman–Crippen LogP) is 28.1. The van der Waals surface area contributed by atoms with E-state index in [4.69, 9.17) is 0 Å². The van der Waals surface area contributed by atoms with Gasteiger partial charge < -0.3 is 15.3 Å². The highest BCUT2D eigenvalue weighted by Gasteiger charge is 2.61. The molecule has 3 N–H and O–H groups in total. The molecule has 0 amide bonds. The number of phenols is 3. The first-order valence-electron chi connectivity index (χ1n) is 38.3. The quantitative estimate of drug-likeness (QED) is 0.155. The van der Waals surface area contributed by atoms with E-state index < -0.39 is 16.2 Å². The molecule has 0 spiro atoms. The van der Waals surface area contributed by atoms with Crippen molar-refractivity contribution in [2.45, 2.75) is 119 Å². The molecule has 0 heterocycles. The minimum absolute atomic E-state index is 0.228. The van der Waals surface area contributed by atoms with Crippen LogP contribution in [0.15, 0.2) is 309 Å². The Bertz CT molecular complexity index is 5280. The Kier molecular flexibility index (Phi) is 20.8. The van der Waals surface area contributed by atoms with Gasteiger partial charge in [-0.05, 0) is 238 Å². The Morgan fingerprint density at radius 2 is 0.371 bits per heavy atom. The van der Waals surface area contributed by atoms with Gasteiger partial charge in [0.25, 0.3) is 0 Å². The van der Waals surface area contributed by atoms with Gasteiger partial charge in [-0.3, -0.25) is 0 Å². The maximum absolute atomic E-state index is 11.1. The summed E-state index contributed by atoms with van der Waals surface area (Å²) in [7, 11) is 0. The lowest BCUT2D eigenvalue weighted by atomic mass is 9.60. The van der Waals surface area contributed by atoms with E-state index in [1.54, 1.807) is 0 Å². The van der Waals surface area contributed by atoms with Crippen molar-refractivity contribution in [2.24, 2.45) is 0 Å². The highest BCUT2D eigenvalue weighted by atomic mass is 16.3. The minimum atomic E-state index is -0.987. The van der Waals surface area contributed by atoms with Crippen molar-refractivity contribution in [2.75, 3.05) is 0 Å². The molecule has 0 aromatic heterocycles. The summed E-state index contributed by atoms with van der Waals surface area (Å²) in [5, 5.41) is 46.1. The zero-order valence-corrected chi connectivity index (χ0v) is 62.9. The van der Waals surface area contributed by atoms with Gasteiger partial charge >= 0.3 is 0 Å². The fourth-order valence-corrected chi connectivity index (χ4v) is 17.1. The zero-order chi connectivity index (χ0) is 73.7. The molecule has 3 unspecified atom stereocenters. The fourth-order valence-electron chi connectivity index (χ4n) is 17.1. The number of phenolic OH excluding ortho intramolecular Hbond substituents is 3. The second-order valence-corrected chi connectivity index (χ2v) is 27.2. The van der Waals surface area contributed by atoms with E-state index >= 15 is 0 Å². The number of hydrogen-bond acceptors (Lipinski definition) is 3. The average molecular weight is 1370 g/mol. The minimum Gasteiger partial charge on any atom is -0.508 e. The second kappa shape index (κ2) is 30.4. The van der Waals surface area contributed by atoms with E-state index in [1.165, 1.54) is 86.0 Å². The van der Waals surface area contributed by atoms with Gasteiger partial charge in [0.05, 0.1) is 16.2 Å². The third kappa shape index (κ3) is 11.6. The van der Waals surface area contributed by atoms with Gasteiger partial charge in [-0.15, -0.1) is 0 Å². The molecule has 3 aliphatic rings. The largest absolute Gasteiger partial charge is 0.508 e. The lowest BCUT2D eigenvalue weighted by Crippen LogP contribution is -2.33. The molecule has 0 radical (unpaired) electrons. The molecular weight excluding hydrogens is 1270 g/mol. The summed E-state index contributed by atoms with van der Waals surface area (Å²) >= 11 is 0. The molecule has 0 saturated carbocycles. The second-order valence-electron chi connectivity index (χ2n) is 27.2. The SMILES string of the molecule is CC.CC.CC.CCC.CCC.CCC.Oc1ccc2cc(C3(c4ccc5ccccc5c4)c4ccccc4-c4c3c3c(c5c4C(c4ccc6ccccc6c4)(c4ccc6cc(O)ccc6c4)c4ccccc4-5)C(c4ccc5ccccc5c4)(c4ccc5cc(O)ccc5c4)c4ccccc4-3)ccc2c1. The average Bonchev–Trinajstić information content (AvgIpc) is 1.47. The Morgan fingerprint density at radius 3 is 0.610 bits per heavy atom. The van der Waals surface area contributed by atoms with Crippen molar-refractivity contribution >= 4 is 64.6 Å². The van der Waals surface area contributed by atoms with Crippen LogP contribution in [0.2, 0.25) is 0 Å². The van der Waals surface area contributed by atoms with Gasteiger partial charge in [0, 0.05) is 0 Å². The number of fused-ring (bicyclic) bond motifs is 18. The molecule has 0 aliphatic heterocycles. The predicted molar refractivity (Wildman–Crippen MR) is 450 cm³/mol. The number of hydrogen-bond donors (Lipinski definition) is 3. The van der Waals surface area contributed by atoms with Crippen LogP contribution in [0.25, 0.3) is 98.0 Å². The highest BCUT2D eigenvalue weighted by molar-refractivity contribution is 6.10. The van der Waals surface area contributed by atoms with E-state index in [2.05, 4.69) is 315 Å². The van der Waals surface area contributed by atoms with E-state index in [0.29, 0.717) is 0 Å². The van der Waals surface area contributed by atoms with E-state index in [0.717, 1.165) is 98.0 Å². The van der Waals surface area contributed by atoms with Crippen LogP contribution in [0.3, 0.4) is 0 Å². The first-order chi connectivity index (χ1) is 51.5. The van der Waals surface area contributed by atoms with Gasteiger partial charge in [0.15, 0.2) is 0 Å². The van der Waals surface area contributed by atoms with Crippen LogP contribution in [-0.2, 0) is 16.2 Å². The van der Waals surface area contributed by atoms with Crippen LogP contribution in [0, 0.1) is 0 Å². The molecule has 105 heavy (non-hydrogen) atoms. The smallest absolute Gasteiger partial charge is 0.116 e. The number of rotatable bonds is 6. The van der Waals surface area contributed by atoms with Crippen LogP contribution >= 0.6 is 0 Å². The van der Waals surface area contributed by atoms with E-state index in [-0.39, 0.29) is 17.2 Å². The molecule has 3 heteroatoms. The van der Waals surface area contributed by atoms with Crippen molar-refractivity contribution in [3.63, 3.8) is 0 Å². The van der Waals surface area contributed by atoms with Crippen molar-refractivity contribution in [3.8, 4) is 50.6 Å². The molecule has 522 valence electrons. The Hall–Kier alpha value is -11.5. The summed E-state index contributed by atoms with van der Waals surface area (Å²) in [5.74, 6) is 0.685. The van der Waals surface area contributed by atoms with Crippen molar-refractivity contribution in [3.05, 3.63) is 376 Å². The number of benzene rings is 16. The molecule has 19 rings (SSSR count). The maximum atomic E-state index is 11.1. The molecule has 0 bridgehead atoms. The van der Waals surface area contributed by atoms with E-state index in [1.807, 2.05) is 77.9 Å². The third-order valence-electron chi connectivity index (χ3n) is 20.7. The molecule has 16 aromatic rings. The van der Waals surface area contributed by atoms with Crippen LogP contribution in [0.1, 0.15) is 169 Å². The first-order valence-corrected chi connectivity index (χ1v) is 38.3. The lowest BCUT2D eigenvalue weighted by molar-refractivity contribution is 0.475. The third-order valence-corrected chi connectivity index (χ3v) is 20.7. The fraction of sp³-hybridized carbons (Fsp3) is 0.176. The van der Waals surface area contributed by atoms with Crippen molar-refractivity contribution in [1.82, 2.24) is 0 Å². The van der Waals surface area contributed by atoms with Crippen molar-refractivity contribution in [1.29, 1.82) is 0 Å². The molecule has 3 aliphatic carbocycles. The molecule has 3 nitrogen and oxygen atoms in total. The Balaban J connectivity index is 0.000000609. The highest BCUT2D eigenvalue weighted by Crippen LogP contribution is 2.73. The lowest BCUT2D eigenvalue weighted by Gasteiger charge is -2.40.